The summed E-state index contributed by atoms with van der Waals surface area (Å²) < 4.78 is 35.5. The Morgan fingerprint density at radius 3 is 1.48 bits per heavy atom. The van der Waals surface area contributed by atoms with Crippen LogP contribution in [-0.4, -0.2) is 30.4 Å². The predicted molar refractivity (Wildman–Crippen MR) is 124 cm³/mol. The molecule has 2 aromatic rings. The van der Waals surface area contributed by atoms with Crippen molar-refractivity contribution >= 4 is 0 Å². The first-order valence-electron chi connectivity index (χ1n) is 10.8. The van der Waals surface area contributed by atoms with Crippen molar-refractivity contribution < 1.29 is 23.4 Å². The van der Waals surface area contributed by atoms with Crippen molar-refractivity contribution in [3.8, 4) is 5.75 Å². The minimum atomic E-state index is -4.33. The lowest BCUT2D eigenvalue weighted by molar-refractivity contribution is -0.137. The molecule has 1 heterocycles. The first kappa shape index (κ1) is 31.1. The minimum Gasteiger partial charge on any atom is -0.508 e. The van der Waals surface area contributed by atoms with Crippen LogP contribution in [0.5, 0.6) is 5.75 Å². The van der Waals surface area contributed by atoms with Crippen molar-refractivity contribution in [1.29, 1.82) is 0 Å². The second kappa shape index (κ2) is 19.9. The van der Waals surface area contributed by atoms with E-state index in [-0.39, 0.29) is 5.75 Å². The molecule has 3 nitrogen and oxygen atoms in total. The number of aliphatic hydroxyl groups is 1. The van der Waals surface area contributed by atoms with Gasteiger partial charge in [0.15, 0.2) is 0 Å². The standard InChI is InChI=1S/C8H10.C7H5F3O.C6H13N.C3H8.CH4O/c1-7-5-3-4-6-8(7)2;8-7(9,10)5-1-3-6(11)4-2-5;1-2-4-6-7-5-3-1;1-3-2;1-2/h3-6H,1-2H3;1-4,11H;7H,1-6H2;3H2,1-2H3;2H,1H3. The van der Waals surface area contributed by atoms with E-state index in [1.807, 2.05) is 0 Å². The van der Waals surface area contributed by atoms with Crippen LogP contribution in [0.3, 0.4) is 0 Å². The number of phenols is 1. The quantitative estimate of drug-likeness (QED) is 0.416. The molecule has 3 rings (SSSR count). The molecule has 1 fully saturated rings. The third-order valence-corrected chi connectivity index (χ3v) is 4.08. The maximum atomic E-state index is 11.8. The molecular formula is C25H40F3NO2. The fourth-order valence-electron chi connectivity index (χ4n) is 2.29. The van der Waals surface area contributed by atoms with Crippen LogP contribution in [0.25, 0.3) is 0 Å². The molecule has 1 saturated heterocycles. The lowest BCUT2D eigenvalue weighted by Crippen LogP contribution is -2.12. The monoisotopic (exact) mass is 443 g/mol. The molecule has 178 valence electrons. The normalized spacial score (nSPS) is 12.7. The van der Waals surface area contributed by atoms with Crippen LogP contribution in [0.4, 0.5) is 13.2 Å². The Hall–Kier alpha value is -2.05. The van der Waals surface area contributed by atoms with Gasteiger partial charge < -0.3 is 15.5 Å². The van der Waals surface area contributed by atoms with Gasteiger partial charge in [0.05, 0.1) is 5.56 Å². The van der Waals surface area contributed by atoms with Crippen LogP contribution < -0.4 is 5.32 Å². The highest BCUT2D eigenvalue weighted by molar-refractivity contribution is 5.27. The van der Waals surface area contributed by atoms with Crippen molar-refractivity contribution in [3.05, 3.63) is 65.2 Å². The van der Waals surface area contributed by atoms with E-state index in [1.54, 1.807) is 0 Å². The molecule has 0 saturated carbocycles. The molecule has 31 heavy (non-hydrogen) atoms. The second-order valence-electron chi connectivity index (χ2n) is 7.00. The van der Waals surface area contributed by atoms with Gasteiger partial charge in [-0.25, -0.2) is 0 Å². The van der Waals surface area contributed by atoms with E-state index in [4.69, 9.17) is 10.2 Å². The average molecular weight is 444 g/mol. The van der Waals surface area contributed by atoms with Gasteiger partial charge in [-0.3, -0.25) is 0 Å². The summed E-state index contributed by atoms with van der Waals surface area (Å²) in [5, 5.41) is 19.0. The lowest BCUT2D eigenvalue weighted by Gasteiger charge is -2.04. The number of rotatable bonds is 0. The summed E-state index contributed by atoms with van der Waals surface area (Å²) >= 11 is 0. The van der Waals surface area contributed by atoms with Crippen LogP contribution in [0, 0.1) is 13.8 Å². The van der Waals surface area contributed by atoms with E-state index in [0.29, 0.717) is 0 Å². The molecule has 0 aliphatic carbocycles. The molecule has 0 atom stereocenters. The second-order valence-corrected chi connectivity index (χ2v) is 7.00. The molecule has 0 amide bonds. The van der Waals surface area contributed by atoms with Crippen LogP contribution in [0.15, 0.2) is 48.5 Å². The van der Waals surface area contributed by atoms with E-state index in [2.05, 4.69) is 57.3 Å². The van der Waals surface area contributed by atoms with Crippen molar-refractivity contribution in [3.63, 3.8) is 0 Å². The number of aromatic hydroxyl groups is 1. The van der Waals surface area contributed by atoms with Gasteiger partial charge in [-0.1, -0.05) is 57.4 Å². The van der Waals surface area contributed by atoms with Gasteiger partial charge in [0.1, 0.15) is 5.75 Å². The maximum absolute atomic E-state index is 11.8. The smallest absolute Gasteiger partial charge is 0.416 e. The van der Waals surface area contributed by atoms with Crippen molar-refractivity contribution in [2.45, 2.75) is 66.0 Å². The number of aliphatic hydroxyl groups excluding tert-OH is 1. The van der Waals surface area contributed by atoms with Gasteiger partial charge in [-0.05, 0) is 75.2 Å². The highest BCUT2D eigenvalue weighted by atomic mass is 19.4. The molecule has 0 radical (unpaired) electrons. The summed E-state index contributed by atoms with van der Waals surface area (Å²) in [5.74, 6) is -0.169. The SMILES string of the molecule is C1CCCNCC1.CCC.CO.Cc1ccccc1C.Oc1ccc(C(F)(F)F)cc1. The third-order valence-electron chi connectivity index (χ3n) is 4.08. The Morgan fingerprint density at radius 2 is 1.16 bits per heavy atom. The molecule has 0 aromatic heterocycles. The number of halogens is 3. The molecule has 3 N–H and O–H groups in total. The molecule has 0 spiro atoms. The molecule has 1 aliphatic heterocycles. The molecular weight excluding hydrogens is 403 g/mol. The van der Waals surface area contributed by atoms with Crippen molar-refractivity contribution in [2.24, 2.45) is 0 Å². The van der Waals surface area contributed by atoms with Gasteiger partial charge in [0.2, 0.25) is 0 Å². The van der Waals surface area contributed by atoms with E-state index < -0.39 is 11.7 Å². The zero-order valence-corrected chi connectivity index (χ0v) is 19.6. The zero-order chi connectivity index (χ0) is 24.1. The number of alkyl halides is 3. The fourth-order valence-corrected chi connectivity index (χ4v) is 2.29. The molecule has 6 heteroatoms. The molecule has 2 aromatic carbocycles. The largest absolute Gasteiger partial charge is 0.508 e. The van der Waals surface area contributed by atoms with Gasteiger partial charge in [0, 0.05) is 7.11 Å². The van der Waals surface area contributed by atoms with Crippen LogP contribution in [0.1, 0.15) is 62.6 Å². The van der Waals surface area contributed by atoms with Gasteiger partial charge in [-0.2, -0.15) is 13.2 Å². The average Bonchev–Trinajstić information content (AvgIpc) is 3.06. The predicted octanol–water partition coefficient (Wildman–Crippen LogP) is 6.89. The van der Waals surface area contributed by atoms with E-state index in [0.717, 1.165) is 31.4 Å². The van der Waals surface area contributed by atoms with E-state index in [1.165, 1.54) is 56.3 Å². The zero-order valence-electron chi connectivity index (χ0n) is 19.6. The summed E-state index contributed by atoms with van der Waals surface area (Å²) in [7, 11) is 1.00. The van der Waals surface area contributed by atoms with Gasteiger partial charge in [0.25, 0.3) is 0 Å². The number of phenolic OH excluding ortho intramolecular Hbond substituents is 1. The summed E-state index contributed by atoms with van der Waals surface area (Å²) in [6.45, 7) is 11.0. The Bertz CT molecular complexity index is 603. The minimum absolute atomic E-state index is 0.169. The number of hydrogen-bond acceptors (Lipinski definition) is 3. The molecule has 0 unspecified atom stereocenters. The Labute approximate surface area is 186 Å². The van der Waals surface area contributed by atoms with E-state index in [9.17, 15) is 13.2 Å². The Balaban J connectivity index is 0. The fraction of sp³-hybridized carbons (Fsp3) is 0.520. The van der Waals surface area contributed by atoms with Crippen LogP contribution >= 0.6 is 0 Å². The summed E-state index contributed by atoms with van der Waals surface area (Å²) in [6.07, 6.45) is 2.58. The first-order chi connectivity index (χ1) is 14.7. The van der Waals surface area contributed by atoms with Gasteiger partial charge >= 0.3 is 6.18 Å². The third kappa shape index (κ3) is 18.4. The number of hydrogen-bond donors (Lipinski definition) is 3. The summed E-state index contributed by atoms with van der Waals surface area (Å²) in [4.78, 5) is 0. The van der Waals surface area contributed by atoms with E-state index >= 15 is 0 Å². The highest BCUT2D eigenvalue weighted by Gasteiger charge is 2.29. The van der Waals surface area contributed by atoms with Crippen molar-refractivity contribution in [1.82, 2.24) is 5.32 Å². The Kier molecular flexibility index (Phi) is 20.0. The lowest BCUT2D eigenvalue weighted by atomic mass is 10.1. The topological polar surface area (TPSA) is 52.5 Å². The Morgan fingerprint density at radius 1 is 0.774 bits per heavy atom. The first-order valence-corrected chi connectivity index (χ1v) is 10.8. The molecule has 1 aliphatic rings. The maximum Gasteiger partial charge on any atom is 0.416 e. The highest BCUT2D eigenvalue weighted by Crippen LogP contribution is 2.29. The number of nitrogens with one attached hydrogen (secondary N) is 1. The van der Waals surface area contributed by atoms with Crippen LogP contribution in [0.2, 0.25) is 0 Å². The summed E-state index contributed by atoms with van der Waals surface area (Å²) in [6, 6.07) is 12.0. The number of benzene rings is 2. The molecule has 0 bridgehead atoms. The summed E-state index contributed by atoms with van der Waals surface area (Å²) in [5.41, 5.74) is 1.98. The van der Waals surface area contributed by atoms with Crippen molar-refractivity contribution in [2.75, 3.05) is 20.2 Å². The van der Waals surface area contributed by atoms with Crippen LogP contribution in [-0.2, 0) is 6.18 Å². The van der Waals surface area contributed by atoms with Gasteiger partial charge in [-0.15, -0.1) is 0 Å². The number of aryl methyl sites for hydroxylation is 2.